The third-order valence-corrected chi connectivity index (χ3v) is 3.70. The van der Waals surface area contributed by atoms with Crippen molar-refractivity contribution in [1.29, 1.82) is 0 Å². The number of benzene rings is 2. The molecule has 0 unspecified atom stereocenters. The second-order valence-corrected chi connectivity index (χ2v) is 5.57. The van der Waals surface area contributed by atoms with E-state index in [0.29, 0.717) is 19.8 Å². The summed E-state index contributed by atoms with van der Waals surface area (Å²) in [7, 11) is 0. The van der Waals surface area contributed by atoms with Gasteiger partial charge in [-0.3, -0.25) is 9.59 Å². The smallest absolute Gasteiger partial charge is 0.305 e. The SMILES string of the molecule is CCOCCOCC(=O)N[C@@H](CC(=O)O)c1ccc2ccccc2c1. The second-order valence-electron chi connectivity index (χ2n) is 5.57. The van der Waals surface area contributed by atoms with Crippen LogP contribution in [0.25, 0.3) is 10.8 Å². The van der Waals surface area contributed by atoms with E-state index in [2.05, 4.69) is 5.32 Å². The molecule has 2 aromatic rings. The van der Waals surface area contributed by atoms with E-state index in [1.54, 1.807) is 0 Å². The molecule has 0 fully saturated rings. The van der Waals surface area contributed by atoms with Crippen molar-refractivity contribution in [1.82, 2.24) is 5.32 Å². The highest BCUT2D eigenvalue weighted by Crippen LogP contribution is 2.22. The fraction of sp³-hybridized carbons (Fsp3) is 0.368. The number of ether oxygens (including phenoxy) is 2. The Labute approximate surface area is 146 Å². The average Bonchev–Trinajstić information content (AvgIpc) is 2.60. The van der Waals surface area contributed by atoms with E-state index >= 15 is 0 Å². The van der Waals surface area contributed by atoms with E-state index in [1.807, 2.05) is 49.4 Å². The third-order valence-electron chi connectivity index (χ3n) is 3.70. The zero-order chi connectivity index (χ0) is 18.1. The van der Waals surface area contributed by atoms with Gasteiger partial charge in [0, 0.05) is 6.61 Å². The van der Waals surface area contributed by atoms with Crippen LogP contribution in [0.1, 0.15) is 24.9 Å². The van der Waals surface area contributed by atoms with Gasteiger partial charge in [-0.2, -0.15) is 0 Å². The van der Waals surface area contributed by atoms with Gasteiger partial charge >= 0.3 is 5.97 Å². The third kappa shape index (κ3) is 6.17. The molecule has 6 heteroatoms. The van der Waals surface area contributed by atoms with Gasteiger partial charge in [0.05, 0.1) is 25.7 Å². The van der Waals surface area contributed by atoms with Crippen LogP contribution in [-0.2, 0) is 19.1 Å². The van der Waals surface area contributed by atoms with E-state index in [1.165, 1.54) is 0 Å². The van der Waals surface area contributed by atoms with Gasteiger partial charge in [-0.05, 0) is 29.3 Å². The normalized spacial score (nSPS) is 12.0. The van der Waals surface area contributed by atoms with Crippen molar-refractivity contribution in [3.8, 4) is 0 Å². The summed E-state index contributed by atoms with van der Waals surface area (Å²) in [6.45, 7) is 3.09. The molecule has 1 amide bonds. The van der Waals surface area contributed by atoms with Gasteiger partial charge in [0.2, 0.25) is 5.91 Å². The van der Waals surface area contributed by atoms with Crippen molar-refractivity contribution < 1.29 is 24.2 Å². The monoisotopic (exact) mass is 345 g/mol. The average molecular weight is 345 g/mol. The summed E-state index contributed by atoms with van der Waals surface area (Å²) < 4.78 is 10.3. The highest BCUT2D eigenvalue weighted by Gasteiger charge is 2.18. The number of carbonyl (C=O) groups excluding carboxylic acids is 1. The molecule has 2 aromatic carbocycles. The predicted molar refractivity (Wildman–Crippen MR) is 94.4 cm³/mol. The zero-order valence-corrected chi connectivity index (χ0v) is 14.2. The number of hydrogen-bond acceptors (Lipinski definition) is 4. The van der Waals surface area contributed by atoms with E-state index in [0.717, 1.165) is 16.3 Å². The molecule has 0 spiro atoms. The van der Waals surface area contributed by atoms with Crippen molar-refractivity contribution in [2.75, 3.05) is 26.4 Å². The molecule has 0 aliphatic heterocycles. The predicted octanol–water partition coefficient (Wildman–Crippen LogP) is 2.52. The van der Waals surface area contributed by atoms with Crippen LogP contribution in [0.4, 0.5) is 0 Å². The molecule has 0 aliphatic carbocycles. The Hall–Kier alpha value is -2.44. The number of aliphatic carboxylic acids is 1. The Kier molecular flexibility index (Phi) is 7.37. The number of nitrogens with one attached hydrogen (secondary N) is 1. The number of carboxylic acids is 1. The maximum absolute atomic E-state index is 12.0. The standard InChI is InChI=1S/C19H23NO5/c1-2-24-9-10-25-13-18(21)20-17(12-19(22)23)16-8-7-14-5-3-4-6-15(14)11-16/h3-8,11,17H,2,9-10,12-13H2,1H3,(H,20,21)(H,22,23)/t17-/m0/s1. The number of hydrogen-bond donors (Lipinski definition) is 2. The van der Waals surface area contributed by atoms with Crippen LogP contribution in [0.3, 0.4) is 0 Å². The van der Waals surface area contributed by atoms with E-state index in [-0.39, 0.29) is 18.9 Å². The quantitative estimate of drug-likeness (QED) is 0.646. The van der Waals surface area contributed by atoms with Crippen LogP contribution < -0.4 is 5.32 Å². The fourth-order valence-electron chi connectivity index (χ4n) is 2.51. The summed E-state index contributed by atoms with van der Waals surface area (Å²) in [5.41, 5.74) is 0.753. The second kappa shape index (κ2) is 9.76. The van der Waals surface area contributed by atoms with Crippen molar-refractivity contribution in [2.45, 2.75) is 19.4 Å². The lowest BCUT2D eigenvalue weighted by molar-refractivity contribution is -0.138. The molecule has 2 N–H and O–H groups in total. The van der Waals surface area contributed by atoms with Crippen LogP contribution in [0.15, 0.2) is 42.5 Å². The first-order chi connectivity index (χ1) is 12.1. The lowest BCUT2D eigenvalue weighted by Gasteiger charge is -2.18. The molecule has 2 rings (SSSR count). The van der Waals surface area contributed by atoms with Gasteiger partial charge in [-0.15, -0.1) is 0 Å². The topological polar surface area (TPSA) is 84.9 Å². The van der Waals surface area contributed by atoms with Crippen LogP contribution in [0, 0.1) is 0 Å². The van der Waals surface area contributed by atoms with Crippen molar-refractivity contribution >= 4 is 22.6 Å². The summed E-state index contributed by atoms with van der Waals surface area (Å²) in [6.07, 6.45) is -0.191. The van der Waals surface area contributed by atoms with E-state index in [9.17, 15) is 9.59 Å². The highest BCUT2D eigenvalue weighted by molar-refractivity contribution is 5.84. The Morgan fingerprint density at radius 2 is 1.80 bits per heavy atom. The molecule has 1 atom stereocenters. The Morgan fingerprint density at radius 1 is 1.08 bits per heavy atom. The van der Waals surface area contributed by atoms with Gasteiger partial charge in [-0.1, -0.05) is 36.4 Å². The molecule has 6 nitrogen and oxygen atoms in total. The van der Waals surface area contributed by atoms with Gasteiger partial charge < -0.3 is 19.9 Å². The van der Waals surface area contributed by atoms with Gasteiger partial charge in [0.25, 0.3) is 0 Å². The van der Waals surface area contributed by atoms with Crippen molar-refractivity contribution in [3.63, 3.8) is 0 Å². The zero-order valence-electron chi connectivity index (χ0n) is 14.2. The van der Waals surface area contributed by atoms with E-state index in [4.69, 9.17) is 14.6 Å². The molecule has 0 aromatic heterocycles. The first-order valence-electron chi connectivity index (χ1n) is 8.25. The van der Waals surface area contributed by atoms with E-state index < -0.39 is 12.0 Å². The molecule has 25 heavy (non-hydrogen) atoms. The Balaban J connectivity index is 2.01. The summed E-state index contributed by atoms with van der Waals surface area (Å²) in [6, 6.07) is 12.9. The summed E-state index contributed by atoms with van der Waals surface area (Å²) in [5.74, 6) is -1.33. The summed E-state index contributed by atoms with van der Waals surface area (Å²) in [4.78, 5) is 23.2. The highest BCUT2D eigenvalue weighted by atomic mass is 16.5. The first-order valence-corrected chi connectivity index (χ1v) is 8.25. The maximum Gasteiger partial charge on any atom is 0.305 e. The molecule has 0 saturated carbocycles. The summed E-state index contributed by atoms with van der Waals surface area (Å²) in [5, 5.41) is 13.9. The molecule has 0 heterocycles. The van der Waals surface area contributed by atoms with Crippen LogP contribution in [0.2, 0.25) is 0 Å². The van der Waals surface area contributed by atoms with Crippen LogP contribution in [-0.4, -0.2) is 43.4 Å². The first kappa shape index (κ1) is 18.9. The molecular formula is C19H23NO5. The Bertz CT molecular complexity index is 716. The number of carbonyl (C=O) groups is 2. The number of rotatable bonds is 10. The molecule has 0 bridgehead atoms. The van der Waals surface area contributed by atoms with Crippen molar-refractivity contribution in [2.24, 2.45) is 0 Å². The van der Waals surface area contributed by atoms with Gasteiger partial charge in [0.15, 0.2) is 0 Å². The van der Waals surface area contributed by atoms with Crippen LogP contribution >= 0.6 is 0 Å². The molecule has 0 aliphatic rings. The minimum absolute atomic E-state index is 0.128. The minimum atomic E-state index is -0.976. The lowest BCUT2D eigenvalue weighted by Crippen LogP contribution is -2.33. The fourth-order valence-corrected chi connectivity index (χ4v) is 2.51. The summed E-state index contributed by atoms with van der Waals surface area (Å²) >= 11 is 0. The number of fused-ring (bicyclic) bond motifs is 1. The molecular weight excluding hydrogens is 322 g/mol. The number of amides is 1. The molecule has 0 saturated heterocycles. The van der Waals surface area contributed by atoms with Gasteiger partial charge in [-0.25, -0.2) is 0 Å². The maximum atomic E-state index is 12.0. The van der Waals surface area contributed by atoms with Crippen molar-refractivity contribution in [3.05, 3.63) is 48.0 Å². The van der Waals surface area contributed by atoms with Gasteiger partial charge in [0.1, 0.15) is 6.61 Å². The molecule has 134 valence electrons. The lowest BCUT2D eigenvalue weighted by atomic mass is 9.99. The Morgan fingerprint density at radius 3 is 2.52 bits per heavy atom. The minimum Gasteiger partial charge on any atom is -0.481 e. The largest absolute Gasteiger partial charge is 0.481 e. The van der Waals surface area contributed by atoms with Crippen LogP contribution in [0.5, 0.6) is 0 Å². The molecule has 0 radical (unpaired) electrons. The number of carboxylic acid groups (broad SMARTS) is 1.